The predicted molar refractivity (Wildman–Crippen MR) is 126 cm³/mol. The van der Waals surface area contributed by atoms with Crippen LogP contribution in [0.5, 0.6) is 0 Å². The fourth-order valence-electron chi connectivity index (χ4n) is 3.71. The second-order valence-corrected chi connectivity index (χ2v) is 15.4. The summed E-state index contributed by atoms with van der Waals surface area (Å²) in [5.74, 6) is -0.215. The second kappa shape index (κ2) is 9.52. The van der Waals surface area contributed by atoms with E-state index in [1.807, 2.05) is 13.8 Å². The Labute approximate surface area is 192 Å². The smallest absolute Gasteiger partial charge is 0.351 e. The summed E-state index contributed by atoms with van der Waals surface area (Å²) in [5.41, 5.74) is 5.13. The molecule has 0 aliphatic carbocycles. The van der Waals surface area contributed by atoms with Gasteiger partial charge in [0.05, 0.1) is 6.61 Å². The Morgan fingerprint density at radius 2 is 1.94 bits per heavy atom. The highest BCUT2D eigenvalue weighted by Gasteiger charge is 2.56. The van der Waals surface area contributed by atoms with Gasteiger partial charge in [-0.25, -0.2) is 4.79 Å². The molecule has 0 aromatic carbocycles. The number of aromatic nitrogens is 2. The molecule has 3 N–H and O–H groups in total. The standard InChI is InChI=1S/C22H40N4O5Si/c1-21(2,3)32(6,7)28-14-15-17-18(31-22(4,5)30-17)19(29-15)26-13-10-16(25-20(26)27)24-12-9-8-11-23/h10,13,15,17-19H,8-9,11-12,14,23H2,1-7H3,(H,24,25,27). The van der Waals surface area contributed by atoms with Crippen LogP contribution in [0.2, 0.25) is 18.1 Å². The first-order valence-electron chi connectivity index (χ1n) is 11.5. The predicted octanol–water partition coefficient (Wildman–Crippen LogP) is 2.83. The first-order valence-corrected chi connectivity index (χ1v) is 14.4. The van der Waals surface area contributed by atoms with Crippen LogP contribution in [0.25, 0.3) is 0 Å². The lowest BCUT2D eigenvalue weighted by atomic mass is 10.1. The Morgan fingerprint density at radius 1 is 1.25 bits per heavy atom. The van der Waals surface area contributed by atoms with Crippen molar-refractivity contribution < 1.29 is 18.6 Å². The number of ether oxygens (including phenoxy) is 3. The summed E-state index contributed by atoms with van der Waals surface area (Å²) in [7, 11) is -1.96. The minimum Gasteiger partial charge on any atom is -0.414 e. The third kappa shape index (κ3) is 5.60. The number of unbranched alkanes of at least 4 members (excludes halogenated alkanes) is 1. The van der Waals surface area contributed by atoms with Crippen molar-refractivity contribution in [3.8, 4) is 0 Å². The van der Waals surface area contributed by atoms with Crippen molar-refractivity contribution in [1.29, 1.82) is 0 Å². The van der Waals surface area contributed by atoms with E-state index in [4.69, 9.17) is 24.4 Å². The van der Waals surface area contributed by atoms with E-state index >= 15 is 0 Å². The molecule has 182 valence electrons. The summed E-state index contributed by atoms with van der Waals surface area (Å²) >= 11 is 0. The van der Waals surface area contributed by atoms with Gasteiger partial charge in [0.2, 0.25) is 0 Å². The molecule has 1 aromatic rings. The molecule has 2 fully saturated rings. The molecule has 3 heterocycles. The van der Waals surface area contributed by atoms with Gasteiger partial charge in [0.1, 0.15) is 24.1 Å². The number of nitrogens with two attached hydrogens (primary N) is 1. The molecule has 0 amide bonds. The van der Waals surface area contributed by atoms with E-state index in [1.165, 1.54) is 4.57 Å². The van der Waals surface area contributed by atoms with Gasteiger partial charge in [-0.3, -0.25) is 4.57 Å². The molecule has 9 nitrogen and oxygen atoms in total. The van der Waals surface area contributed by atoms with Crippen molar-refractivity contribution >= 4 is 14.1 Å². The van der Waals surface area contributed by atoms with Crippen LogP contribution in [-0.2, 0) is 18.6 Å². The number of fused-ring (bicyclic) bond motifs is 1. The fraction of sp³-hybridized carbons (Fsp3) is 0.818. The monoisotopic (exact) mass is 468 g/mol. The second-order valence-electron chi connectivity index (χ2n) is 10.6. The van der Waals surface area contributed by atoms with Gasteiger partial charge in [-0.1, -0.05) is 20.8 Å². The first kappa shape index (κ1) is 25.3. The molecule has 2 aliphatic heterocycles. The van der Waals surface area contributed by atoms with E-state index in [0.717, 1.165) is 19.4 Å². The van der Waals surface area contributed by atoms with E-state index in [-0.39, 0.29) is 17.2 Å². The highest BCUT2D eigenvalue weighted by Crippen LogP contribution is 2.44. The zero-order valence-corrected chi connectivity index (χ0v) is 21.5. The highest BCUT2D eigenvalue weighted by atomic mass is 28.4. The minimum atomic E-state index is -1.96. The molecule has 10 heteroatoms. The maximum Gasteiger partial charge on any atom is 0.351 e. The molecule has 0 saturated carbocycles. The van der Waals surface area contributed by atoms with Crippen molar-refractivity contribution in [2.45, 2.75) is 95.9 Å². The largest absolute Gasteiger partial charge is 0.414 e. The Kier molecular flexibility index (Phi) is 7.53. The van der Waals surface area contributed by atoms with Crippen molar-refractivity contribution in [3.05, 3.63) is 22.7 Å². The SMILES string of the molecule is CC1(C)OC2C(CO[Si](C)(C)C(C)(C)C)OC(n3ccc(NCCCCN)nc3=O)C2O1. The number of rotatable bonds is 9. The third-order valence-corrected chi connectivity index (χ3v) is 11.1. The first-order chi connectivity index (χ1) is 14.8. The molecule has 2 aliphatic rings. The fourth-order valence-corrected chi connectivity index (χ4v) is 4.73. The zero-order chi connectivity index (χ0) is 23.7. The number of nitrogens with zero attached hydrogens (tertiary/aromatic N) is 2. The van der Waals surface area contributed by atoms with Gasteiger partial charge in [-0.05, 0) is 57.4 Å². The summed E-state index contributed by atoms with van der Waals surface area (Å²) in [6.45, 7) is 16.6. The normalized spacial score (nSPS) is 27.5. The van der Waals surface area contributed by atoms with Crippen LogP contribution in [0.3, 0.4) is 0 Å². The Balaban J connectivity index is 1.75. The molecule has 0 radical (unpaired) electrons. The van der Waals surface area contributed by atoms with Crippen molar-refractivity contribution in [1.82, 2.24) is 9.55 Å². The van der Waals surface area contributed by atoms with Crippen LogP contribution in [0, 0.1) is 0 Å². The van der Waals surface area contributed by atoms with Crippen LogP contribution in [0.15, 0.2) is 17.1 Å². The average molecular weight is 469 g/mol. The molecule has 0 spiro atoms. The molecular weight excluding hydrogens is 428 g/mol. The maximum absolute atomic E-state index is 12.8. The van der Waals surface area contributed by atoms with E-state index in [2.05, 4.69) is 44.2 Å². The molecule has 4 unspecified atom stereocenters. The molecule has 2 saturated heterocycles. The van der Waals surface area contributed by atoms with Crippen molar-refractivity contribution in [2.24, 2.45) is 5.73 Å². The van der Waals surface area contributed by atoms with Gasteiger partial charge in [-0.15, -0.1) is 0 Å². The van der Waals surface area contributed by atoms with Crippen LogP contribution >= 0.6 is 0 Å². The highest BCUT2D eigenvalue weighted by molar-refractivity contribution is 6.74. The number of nitrogens with one attached hydrogen (secondary N) is 1. The van der Waals surface area contributed by atoms with Gasteiger partial charge < -0.3 is 29.7 Å². The lowest BCUT2D eigenvalue weighted by Crippen LogP contribution is -2.44. The average Bonchev–Trinajstić information content (AvgIpc) is 3.16. The lowest BCUT2D eigenvalue weighted by Gasteiger charge is -2.37. The molecule has 1 aromatic heterocycles. The Hall–Kier alpha value is -1.30. The van der Waals surface area contributed by atoms with E-state index < -0.39 is 32.1 Å². The molecule has 4 atom stereocenters. The summed E-state index contributed by atoms with van der Waals surface area (Å²) in [4.78, 5) is 17.0. The van der Waals surface area contributed by atoms with Crippen LogP contribution in [0.1, 0.15) is 53.7 Å². The van der Waals surface area contributed by atoms with Gasteiger partial charge in [-0.2, -0.15) is 4.98 Å². The van der Waals surface area contributed by atoms with Crippen molar-refractivity contribution in [3.63, 3.8) is 0 Å². The summed E-state index contributed by atoms with van der Waals surface area (Å²) in [5, 5.41) is 3.25. The molecule has 3 rings (SSSR count). The van der Waals surface area contributed by atoms with Crippen LogP contribution < -0.4 is 16.7 Å². The van der Waals surface area contributed by atoms with Gasteiger partial charge in [0, 0.05) is 12.7 Å². The van der Waals surface area contributed by atoms with E-state index in [9.17, 15) is 4.79 Å². The number of hydrogen-bond acceptors (Lipinski definition) is 8. The number of hydrogen-bond donors (Lipinski definition) is 2. The Bertz CT molecular complexity index is 838. The third-order valence-electron chi connectivity index (χ3n) is 6.58. The Morgan fingerprint density at radius 3 is 2.56 bits per heavy atom. The molecule has 0 bridgehead atoms. The zero-order valence-electron chi connectivity index (χ0n) is 20.5. The minimum absolute atomic E-state index is 0.0879. The number of anilines is 1. The van der Waals surface area contributed by atoms with Crippen LogP contribution in [0.4, 0.5) is 5.82 Å². The van der Waals surface area contributed by atoms with Crippen molar-refractivity contribution in [2.75, 3.05) is 25.0 Å². The summed E-state index contributed by atoms with van der Waals surface area (Å²) in [6, 6.07) is 1.78. The van der Waals surface area contributed by atoms with E-state index in [1.54, 1.807) is 12.3 Å². The van der Waals surface area contributed by atoms with Crippen LogP contribution in [-0.4, -0.2) is 61.7 Å². The quantitative estimate of drug-likeness (QED) is 0.421. The molecular formula is C22H40N4O5Si. The molecule has 32 heavy (non-hydrogen) atoms. The van der Waals surface area contributed by atoms with E-state index in [0.29, 0.717) is 19.0 Å². The van der Waals surface area contributed by atoms with Gasteiger partial charge >= 0.3 is 5.69 Å². The van der Waals surface area contributed by atoms with Gasteiger partial charge in [0.25, 0.3) is 0 Å². The topological polar surface area (TPSA) is 110 Å². The summed E-state index contributed by atoms with van der Waals surface area (Å²) < 4.78 is 26.5. The summed E-state index contributed by atoms with van der Waals surface area (Å²) in [6.07, 6.45) is 1.86. The maximum atomic E-state index is 12.8. The van der Waals surface area contributed by atoms with Gasteiger partial charge in [0.15, 0.2) is 20.3 Å². The lowest BCUT2D eigenvalue weighted by molar-refractivity contribution is -0.200.